The maximum absolute atomic E-state index is 13.1. The maximum atomic E-state index is 13.1. The molecule has 0 N–H and O–H groups in total. The summed E-state index contributed by atoms with van der Waals surface area (Å²) in [6.07, 6.45) is 5.78. The molecule has 1 saturated heterocycles. The number of aromatic nitrogens is 4. The second-order valence-electron chi connectivity index (χ2n) is 7.68. The summed E-state index contributed by atoms with van der Waals surface area (Å²) in [7, 11) is 1.68. The number of hydrogen-bond donors (Lipinski definition) is 0. The minimum absolute atomic E-state index is 0.0713. The Kier molecular flexibility index (Phi) is 5.85. The summed E-state index contributed by atoms with van der Waals surface area (Å²) in [6.45, 7) is 3.61. The van der Waals surface area contributed by atoms with E-state index in [9.17, 15) is 4.79 Å². The lowest BCUT2D eigenvalue weighted by atomic mass is 9.76. The van der Waals surface area contributed by atoms with Gasteiger partial charge in [-0.1, -0.05) is 11.2 Å². The Balaban J connectivity index is 1.63. The second-order valence-corrected chi connectivity index (χ2v) is 7.68. The molecular formula is C22H25N5O3. The van der Waals surface area contributed by atoms with Crippen LogP contribution in [-0.2, 0) is 10.2 Å². The van der Waals surface area contributed by atoms with Crippen molar-refractivity contribution in [2.45, 2.75) is 31.6 Å². The minimum Gasteiger partial charge on any atom is -0.385 e. The zero-order valence-electron chi connectivity index (χ0n) is 17.2. The molecular weight excluding hydrogens is 382 g/mol. The van der Waals surface area contributed by atoms with Crippen LogP contribution in [0.2, 0.25) is 0 Å². The first-order valence-electron chi connectivity index (χ1n) is 10.1. The molecule has 30 heavy (non-hydrogen) atoms. The number of carbonyl (C=O) groups is 1. The number of amides is 1. The quantitative estimate of drug-likeness (QED) is 0.620. The SMILES string of the molecule is COCCC1(c2noc(-c3ccncc3)n2)CCCN(C(=O)c2cccc(C)n2)C1. The molecule has 1 unspecified atom stereocenters. The van der Waals surface area contributed by atoms with E-state index in [1.807, 2.05) is 36.1 Å². The van der Waals surface area contributed by atoms with E-state index < -0.39 is 5.41 Å². The molecule has 0 spiro atoms. The standard InChI is InChI=1S/C22H25N5O3/c1-16-5-3-6-18(24-16)20(28)27-13-4-9-22(15-27,10-14-29-2)21-25-19(30-26-21)17-7-11-23-12-8-17/h3,5-8,11-12H,4,9-10,13-15H2,1-2H3. The number of aryl methyl sites for hydroxylation is 1. The topological polar surface area (TPSA) is 94.2 Å². The average Bonchev–Trinajstić information content (AvgIpc) is 3.29. The molecule has 1 fully saturated rings. The van der Waals surface area contributed by atoms with Gasteiger partial charge < -0.3 is 14.2 Å². The van der Waals surface area contributed by atoms with Crippen LogP contribution in [-0.4, -0.2) is 57.7 Å². The van der Waals surface area contributed by atoms with Crippen molar-refractivity contribution in [3.05, 3.63) is 59.9 Å². The van der Waals surface area contributed by atoms with E-state index in [2.05, 4.69) is 15.1 Å². The first-order chi connectivity index (χ1) is 14.6. The van der Waals surface area contributed by atoms with Gasteiger partial charge in [0.15, 0.2) is 5.82 Å². The second kappa shape index (κ2) is 8.71. The fourth-order valence-corrected chi connectivity index (χ4v) is 3.98. The van der Waals surface area contributed by atoms with Crippen LogP contribution in [0.25, 0.3) is 11.5 Å². The van der Waals surface area contributed by atoms with Gasteiger partial charge in [0.25, 0.3) is 11.8 Å². The summed E-state index contributed by atoms with van der Waals surface area (Å²) in [5, 5.41) is 4.31. The molecule has 1 aliphatic rings. The lowest BCUT2D eigenvalue weighted by Gasteiger charge is -2.40. The van der Waals surface area contributed by atoms with E-state index in [-0.39, 0.29) is 5.91 Å². The summed E-state index contributed by atoms with van der Waals surface area (Å²) in [5.41, 5.74) is 1.67. The predicted octanol–water partition coefficient (Wildman–Crippen LogP) is 3.05. The highest BCUT2D eigenvalue weighted by atomic mass is 16.5. The van der Waals surface area contributed by atoms with E-state index in [1.165, 1.54) is 0 Å². The largest absolute Gasteiger partial charge is 0.385 e. The van der Waals surface area contributed by atoms with Crippen molar-refractivity contribution in [1.29, 1.82) is 0 Å². The van der Waals surface area contributed by atoms with Gasteiger partial charge in [0.2, 0.25) is 0 Å². The molecule has 8 heteroatoms. The number of piperidine rings is 1. The van der Waals surface area contributed by atoms with Crippen LogP contribution in [0.3, 0.4) is 0 Å². The zero-order valence-corrected chi connectivity index (χ0v) is 17.2. The molecule has 0 aromatic carbocycles. The van der Waals surface area contributed by atoms with Crippen LogP contribution >= 0.6 is 0 Å². The van der Waals surface area contributed by atoms with Gasteiger partial charge in [0.05, 0.1) is 5.41 Å². The van der Waals surface area contributed by atoms with Crippen LogP contribution in [0.5, 0.6) is 0 Å². The maximum Gasteiger partial charge on any atom is 0.272 e. The molecule has 0 aliphatic carbocycles. The predicted molar refractivity (Wildman–Crippen MR) is 110 cm³/mol. The highest BCUT2D eigenvalue weighted by molar-refractivity contribution is 5.92. The summed E-state index contributed by atoms with van der Waals surface area (Å²) in [6, 6.07) is 9.17. The van der Waals surface area contributed by atoms with Crippen LogP contribution < -0.4 is 0 Å². The summed E-state index contributed by atoms with van der Waals surface area (Å²) in [5.74, 6) is 0.993. The number of pyridine rings is 2. The first-order valence-corrected chi connectivity index (χ1v) is 10.1. The molecule has 1 aliphatic heterocycles. The van der Waals surface area contributed by atoms with Crippen molar-refractivity contribution < 1.29 is 14.1 Å². The Morgan fingerprint density at radius 1 is 1.23 bits per heavy atom. The van der Waals surface area contributed by atoms with Crippen molar-refractivity contribution in [2.24, 2.45) is 0 Å². The van der Waals surface area contributed by atoms with Crippen molar-refractivity contribution in [3.63, 3.8) is 0 Å². The number of nitrogens with zero attached hydrogens (tertiary/aromatic N) is 5. The third kappa shape index (κ3) is 4.09. The van der Waals surface area contributed by atoms with Crippen LogP contribution in [0.4, 0.5) is 0 Å². The lowest BCUT2D eigenvalue weighted by Crippen LogP contribution is -2.49. The molecule has 0 radical (unpaired) electrons. The lowest BCUT2D eigenvalue weighted by molar-refractivity contribution is 0.0561. The average molecular weight is 407 g/mol. The first kappa shape index (κ1) is 20.2. The van der Waals surface area contributed by atoms with Gasteiger partial charge in [-0.05, 0) is 50.5 Å². The monoisotopic (exact) mass is 407 g/mol. The van der Waals surface area contributed by atoms with Gasteiger partial charge >= 0.3 is 0 Å². The fourth-order valence-electron chi connectivity index (χ4n) is 3.98. The highest BCUT2D eigenvalue weighted by Gasteiger charge is 2.42. The Bertz CT molecular complexity index is 1010. The van der Waals surface area contributed by atoms with Gasteiger partial charge in [-0.15, -0.1) is 0 Å². The van der Waals surface area contributed by atoms with E-state index in [0.29, 0.717) is 43.5 Å². The number of rotatable bonds is 6. The Labute approximate surface area is 175 Å². The van der Waals surface area contributed by atoms with E-state index in [1.54, 1.807) is 25.6 Å². The molecule has 4 heterocycles. The van der Waals surface area contributed by atoms with Crippen molar-refractivity contribution in [1.82, 2.24) is 25.0 Å². The molecule has 8 nitrogen and oxygen atoms in total. The van der Waals surface area contributed by atoms with Gasteiger partial charge in [-0.2, -0.15) is 4.98 Å². The summed E-state index contributed by atoms with van der Waals surface area (Å²) in [4.78, 5) is 28.1. The zero-order chi connectivity index (χ0) is 21.0. The van der Waals surface area contributed by atoms with Gasteiger partial charge in [0, 0.05) is 50.5 Å². The molecule has 0 bridgehead atoms. The van der Waals surface area contributed by atoms with Gasteiger partial charge in [0.1, 0.15) is 5.69 Å². The van der Waals surface area contributed by atoms with Crippen LogP contribution in [0, 0.1) is 6.92 Å². The Hall–Kier alpha value is -3.13. The van der Waals surface area contributed by atoms with E-state index >= 15 is 0 Å². The van der Waals surface area contributed by atoms with Gasteiger partial charge in [-0.25, -0.2) is 4.98 Å². The summed E-state index contributed by atoms with van der Waals surface area (Å²) < 4.78 is 10.9. The number of methoxy groups -OCH3 is 1. The number of ether oxygens (including phenoxy) is 1. The van der Waals surface area contributed by atoms with E-state index in [4.69, 9.17) is 14.2 Å². The number of carbonyl (C=O) groups excluding carboxylic acids is 1. The molecule has 1 amide bonds. The normalized spacial score (nSPS) is 19.1. The highest BCUT2D eigenvalue weighted by Crippen LogP contribution is 2.37. The van der Waals surface area contributed by atoms with Crippen molar-refractivity contribution in [2.75, 3.05) is 26.8 Å². The van der Waals surface area contributed by atoms with Crippen LogP contribution in [0.1, 0.15) is 41.3 Å². The minimum atomic E-state index is -0.428. The smallest absolute Gasteiger partial charge is 0.272 e. The molecule has 0 saturated carbocycles. The van der Waals surface area contributed by atoms with E-state index in [0.717, 1.165) is 24.1 Å². The molecule has 4 rings (SSSR count). The Morgan fingerprint density at radius 2 is 2.07 bits per heavy atom. The summed E-state index contributed by atoms with van der Waals surface area (Å²) >= 11 is 0. The number of likely N-dealkylation sites (tertiary alicyclic amines) is 1. The molecule has 1 atom stereocenters. The number of hydrogen-bond acceptors (Lipinski definition) is 7. The van der Waals surface area contributed by atoms with Crippen molar-refractivity contribution >= 4 is 5.91 Å². The van der Waals surface area contributed by atoms with Gasteiger partial charge in [-0.3, -0.25) is 9.78 Å². The third-order valence-electron chi connectivity index (χ3n) is 5.58. The van der Waals surface area contributed by atoms with Crippen LogP contribution in [0.15, 0.2) is 47.2 Å². The molecule has 3 aromatic rings. The van der Waals surface area contributed by atoms with Crippen molar-refractivity contribution in [3.8, 4) is 11.5 Å². The molecule has 3 aromatic heterocycles. The third-order valence-corrected chi connectivity index (χ3v) is 5.58. The Morgan fingerprint density at radius 3 is 2.83 bits per heavy atom. The fraction of sp³-hybridized carbons (Fsp3) is 0.409. The molecule has 156 valence electrons.